The molecule has 1 atom stereocenters. The molecule has 0 aliphatic carbocycles. The van der Waals surface area contributed by atoms with Crippen molar-refractivity contribution in [3.05, 3.63) is 40.4 Å². The Morgan fingerprint density at radius 1 is 1.36 bits per heavy atom. The van der Waals surface area contributed by atoms with Crippen LogP contribution in [0.15, 0.2) is 29.8 Å². The Labute approximate surface area is 169 Å². The molecule has 3 rings (SSSR count). The summed E-state index contributed by atoms with van der Waals surface area (Å²) in [5.41, 5.74) is 0.381. The minimum Gasteiger partial charge on any atom is -0.339 e. The lowest BCUT2D eigenvalue weighted by Gasteiger charge is -2.32. The molecule has 0 saturated carbocycles. The van der Waals surface area contributed by atoms with Crippen LogP contribution in [0.1, 0.15) is 42.1 Å². The fourth-order valence-electron chi connectivity index (χ4n) is 3.48. The zero-order valence-electron chi connectivity index (χ0n) is 16.5. The maximum absolute atomic E-state index is 12.5. The molecule has 0 spiro atoms. The predicted octanol–water partition coefficient (Wildman–Crippen LogP) is 2.77. The molecule has 150 valence electrons. The van der Waals surface area contributed by atoms with Crippen LogP contribution in [0.5, 0.6) is 0 Å². The van der Waals surface area contributed by atoms with Gasteiger partial charge in [0.15, 0.2) is 5.69 Å². The fourth-order valence-corrected chi connectivity index (χ4v) is 4.10. The van der Waals surface area contributed by atoms with Crippen molar-refractivity contribution in [3.8, 4) is 0 Å². The van der Waals surface area contributed by atoms with E-state index in [2.05, 4.69) is 10.3 Å². The Kier molecular flexibility index (Phi) is 6.97. The topological polar surface area (TPSA) is 71.3 Å². The molecule has 1 unspecified atom stereocenters. The van der Waals surface area contributed by atoms with Gasteiger partial charge in [0.25, 0.3) is 5.91 Å². The molecule has 0 bridgehead atoms. The predicted molar refractivity (Wildman–Crippen MR) is 110 cm³/mol. The largest absolute Gasteiger partial charge is 0.339 e. The minimum absolute atomic E-state index is 0.0501. The van der Waals surface area contributed by atoms with Crippen LogP contribution in [0, 0.1) is 5.92 Å². The van der Waals surface area contributed by atoms with Crippen molar-refractivity contribution in [2.45, 2.75) is 33.2 Å². The van der Waals surface area contributed by atoms with E-state index in [1.54, 1.807) is 33.2 Å². The highest BCUT2D eigenvalue weighted by Gasteiger charge is 2.24. The third-order valence-electron chi connectivity index (χ3n) is 5.02. The summed E-state index contributed by atoms with van der Waals surface area (Å²) in [4.78, 5) is 29.6. The molecular formula is C20H27N5O2S. The van der Waals surface area contributed by atoms with Crippen LogP contribution < -0.4 is 0 Å². The van der Waals surface area contributed by atoms with E-state index < -0.39 is 0 Å². The van der Waals surface area contributed by atoms with Crippen molar-refractivity contribution in [1.82, 2.24) is 24.8 Å². The van der Waals surface area contributed by atoms with Crippen molar-refractivity contribution in [1.29, 1.82) is 0 Å². The lowest BCUT2D eigenvalue weighted by molar-refractivity contribution is -0.127. The highest BCUT2D eigenvalue weighted by atomic mass is 32.1. The van der Waals surface area contributed by atoms with Gasteiger partial charge in [0.2, 0.25) is 5.91 Å². The standard InChI is InChI=1S/C20H27N5O2S/c1-3-23(4-2)20(27)18-15-25(22-21-18)14-16-7-5-11-24(13-16)19(26)10-9-17-8-6-12-28-17/h6,8-10,12,15-16H,3-5,7,11,13-14H2,1-2H3. The number of hydrogen-bond donors (Lipinski definition) is 0. The Morgan fingerprint density at radius 3 is 2.89 bits per heavy atom. The molecule has 7 nitrogen and oxygen atoms in total. The SMILES string of the molecule is CCN(CC)C(=O)c1cn(CC2CCCN(C(=O)C=Cc3cccs3)C2)nn1. The number of amides is 2. The van der Waals surface area contributed by atoms with Gasteiger partial charge in [-0.05, 0) is 50.1 Å². The second-order valence-corrected chi connectivity index (χ2v) is 7.92. The quantitative estimate of drug-likeness (QED) is 0.669. The van der Waals surface area contributed by atoms with Gasteiger partial charge in [-0.2, -0.15) is 0 Å². The lowest BCUT2D eigenvalue weighted by Crippen LogP contribution is -2.40. The number of hydrogen-bond acceptors (Lipinski definition) is 5. The molecular weight excluding hydrogens is 374 g/mol. The van der Waals surface area contributed by atoms with Gasteiger partial charge in [0.05, 0.1) is 6.20 Å². The first kappa shape index (κ1) is 20.3. The average molecular weight is 402 g/mol. The Hall–Kier alpha value is -2.48. The van der Waals surface area contributed by atoms with Gasteiger partial charge in [-0.15, -0.1) is 16.4 Å². The third kappa shape index (κ3) is 5.07. The van der Waals surface area contributed by atoms with Gasteiger partial charge in [-0.3, -0.25) is 14.3 Å². The summed E-state index contributed by atoms with van der Waals surface area (Å²) < 4.78 is 1.73. The van der Waals surface area contributed by atoms with E-state index in [0.717, 1.165) is 24.3 Å². The van der Waals surface area contributed by atoms with Crippen molar-refractivity contribution in [3.63, 3.8) is 0 Å². The van der Waals surface area contributed by atoms with Crippen LogP contribution in [0.4, 0.5) is 0 Å². The normalized spacial score (nSPS) is 17.2. The maximum atomic E-state index is 12.5. The summed E-state index contributed by atoms with van der Waals surface area (Å²) in [7, 11) is 0. The smallest absolute Gasteiger partial charge is 0.276 e. The molecule has 0 radical (unpaired) electrons. The number of piperidine rings is 1. The molecule has 8 heteroatoms. The van der Waals surface area contributed by atoms with E-state index in [1.807, 2.05) is 42.3 Å². The monoisotopic (exact) mass is 401 g/mol. The molecule has 28 heavy (non-hydrogen) atoms. The van der Waals surface area contributed by atoms with E-state index in [4.69, 9.17) is 0 Å². The van der Waals surface area contributed by atoms with Crippen LogP contribution in [0.25, 0.3) is 6.08 Å². The van der Waals surface area contributed by atoms with Crippen LogP contribution in [-0.4, -0.2) is 62.8 Å². The second-order valence-electron chi connectivity index (χ2n) is 6.94. The maximum Gasteiger partial charge on any atom is 0.276 e. The molecule has 3 heterocycles. The van der Waals surface area contributed by atoms with E-state index in [9.17, 15) is 9.59 Å². The molecule has 0 aromatic carbocycles. The number of thiophene rings is 1. The van der Waals surface area contributed by atoms with E-state index in [0.29, 0.717) is 37.8 Å². The molecule has 2 aromatic rings. The number of aromatic nitrogens is 3. The van der Waals surface area contributed by atoms with E-state index >= 15 is 0 Å². The zero-order valence-corrected chi connectivity index (χ0v) is 17.3. The Balaban J connectivity index is 1.56. The summed E-state index contributed by atoms with van der Waals surface area (Å²) >= 11 is 1.62. The summed E-state index contributed by atoms with van der Waals surface area (Å²) in [6, 6.07) is 3.97. The molecule has 1 aliphatic rings. The summed E-state index contributed by atoms with van der Waals surface area (Å²) in [5.74, 6) is 0.274. The molecule has 1 fully saturated rings. The van der Waals surface area contributed by atoms with Crippen LogP contribution in [-0.2, 0) is 11.3 Å². The number of carbonyl (C=O) groups is 2. The van der Waals surface area contributed by atoms with Gasteiger partial charge in [-0.1, -0.05) is 11.3 Å². The highest BCUT2D eigenvalue weighted by molar-refractivity contribution is 7.10. The zero-order chi connectivity index (χ0) is 19.9. The summed E-state index contributed by atoms with van der Waals surface area (Å²) in [6.07, 6.45) is 7.27. The Bertz CT molecular complexity index is 810. The van der Waals surface area contributed by atoms with E-state index in [1.165, 1.54) is 0 Å². The van der Waals surface area contributed by atoms with Crippen molar-refractivity contribution in [2.75, 3.05) is 26.2 Å². The van der Waals surface area contributed by atoms with Crippen molar-refractivity contribution in [2.24, 2.45) is 5.92 Å². The molecule has 0 N–H and O–H groups in total. The number of carbonyl (C=O) groups excluding carboxylic acids is 2. The number of nitrogens with zero attached hydrogens (tertiary/aromatic N) is 5. The van der Waals surface area contributed by atoms with Gasteiger partial charge in [-0.25, -0.2) is 0 Å². The van der Waals surface area contributed by atoms with Gasteiger partial charge in [0.1, 0.15) is 0 Å². The fraction of sp³-hybridized carbons (Fsp3) is 0.500. The van der Waals surface area contributed by atoms with E-state index in [-0.39, 0.29) is 11.8 Å². The lowest BCUT2D eigenvalue weighted by atomic mass is 9.98. The van der Waals surface area contributed by atoms with Gasteiger partial charge in [0, 0.05) is 43.7 Å². The van der Waals surface area contributed by atoms with Crippen LogP contribution >= 0.6 is 11.3 Å². The van der Waals surface area contributed by atoms with Crippen LogP contribution in [0.2, 0.25) is 0 Å². The number of rotatable bonds is 7. The summed E-state index contributed by atoms with van der Waals surface area (Å²) in [5, 5.41) is 10.2. The second kappa shape index (κ2) is 9.64. The van der Waals surface area contributed by atoms with Crippen molar-refractivity contribution < 1.29 is 9.59 Å². The average Bonchev–Trinajstić information content (AvgIpc) is 3.39. The first-order valence-corrected chi connectivity index (χ1v) is 10.7. The molecule has 1 aliphatic heterocycles. The first-order chi connectivity index (χ1) is 13.6. The van der Waals surface area contributed by atoms with Crippen LogP contribution in [0.3, 0.4) is 0 Å². The highest BCUT2D eigenvalue weighted by Crippen LogP contribution is 2.19. The molecule has 1 saturated heterocycles. The molecule has 2 amide bonds. The Morgan fingerprint density at radius 2 is 2.18 bits per heavy atom. The van der Waals surface area contributed by atoms with Gasteiger partial charge >= 0.3 is 0 Å². The number of likely N-dealkylation sites (tertiary alicyclic amines) is 1. The summed E-state index contributed by atoms with van der Waals surface area (Å²) in [6.45, 7) is 7.36. The first-order valence-electron chi connectivity index (χ1n) is 9.80. The third-order valence-corrected chi connectivity index (χ3v) is 5.86. The minimum atomic E-state index is -0.0876. The van der Waals surface area contributed by atoms with Crippen molar-refractivity contribution >= 4 is 29.2 Å². The molecule has 2 aromatic heterocycles. The van der Waals surface area contributed by atoms with Gasteiger partial charge < -0.3 is 9.80 Å².